The second-order valence-corrected chi connectivity index (χ2v) is 13.5. The summed E-state index contributed by atoms with van der Waals surface area (Å²) in [4.78, 5) is 0. The number of benzene rings is 6. The maximum Gasteiger partial charge on any atom is 0.0619 e. The van der Waals surface area contributed by atoms with E-state index in [0.717, 1.165) is 74.7 Å². The zero-order chi connectivity index (χ0) is 35.6. The van der Waals surface area contributed by atoms with E-state index in [2.05, 4.69) is 139 Å². The van der Waals surface area contributed by atoms with Crippen molar-refractivity contribution in [2.45, 2.75) is 25.7 Å². The summed E-state index contributed by atoms with van der Waals surface area (Å²) in [6.45, 7) is 0. The van der Waals surface area contributed by atoms with Crippen LogP contribution in [0, 0.1) is 23.2 Å². The molecule has 0 saturated carbocycles. The van der Waals surface area contributed by atoms with Gasteiger partial charge in [-0.05, 0) is 117 Å². The van der Waals surface area contributed by atoms with Crippen LogP contribution in [0.25, 0.3) is 66.3 Å². The van der Waals surface area contributed by atoms with Crippen molar-refractivity contribution in [3.8, 4) is 57.1 Å². The van der Waals surface area contributed by atoms with Crippen molar-refractivity contribution in [1.82, 2.24) is 4.57 Å². The van der Waals surface area contributed by atoms with Gasteiger partial charge in [-0.3, -0.25) is 0 Å². The summed E-state index contributed by atoms with van der Waals surface area (Å²) in [5, 5.41) is 22.0. The van der Waals surface area contributed by atoms with Crippen LogP contribution in [0.2, 0.25) is 0 Å². The molecule has 0 spiro atoms. The van der Waals surface area contributed by atoms with Crippen molar-refractivity contribution in [3.63, 3.8) is 0 Å². The summed E-state index contributed by atoms with van der Waals surface area (Å²) < 4.78 is 2.28. The van der Waals surface area contributed by atoms with E-state index >= 15 is 0 Å². The first-order chi connectivity index (χ1) is 25.5. The molecule has 3 nitrogen and oxygen atoms in total. The van der Waals surface area contributed by atoms with Crippen LogP contribution in [-0.4, -0.2) is 16.0 Å². The summed E-state index contributed by atoms with van der Waals surface area (Å²) in [7, 11) is 2.14. The molecule has 0 fully saturated rings. The van der Waals surface area contributed by atoms with Crippen LogP contribution < -0.4 is 0 Å². The molecule has 0 radical (unpaired) electrons. The molecule has 0 atom stereocenters. The van der Waals surface area contributed by atoms with Gasteiger partial charge in [0, 0.05) is 35.1 Å². The minimum absolute atomic E-state index is 0.388. The molecule has 0 bridgehead atoms. The van der Waals surface area contributed by atoms with Crippen molar-refractivity contribution in [1.29, 1.82) is 10.8 Å². The second-order valence-electron chi connectivity index (χ2n) is 13.5. The molecule has 250 valence electrons. The van der Waals surface area contributed by atoms with Gasteiger partial charge in [-0.15, -0.1) is 6.42 Å². The SMILES string of the molecule is C#Cc1ccc(-c2cccc3c(-c4ccc(-c5ccccc5)n4C)cccc23)c(-c2cccc3c(C(=N)/C=C\C(=N)C4=CCCCC4)cccc23)c1. The maximum atomic E-state index is 9.05. The Morgan fingerprint density at radius 3 is 1.96 bits per heavy atom. The first-order valence-electron chi connectivity index (χ1n) is 17.9. The topological polar surface area (TPSA) is 52.6 Å². The Balaban J connectivity index is 1.24. The van der Waals surface area contributed by atoms with Crippen molar-refractivity contribution in [3.05, 3.63) is 168 Å². The van der Waals surface area contributed by atoms with E-state index in [1.54, 1.807) is 12.2 Å². The molecule has 7 aromatic rings. The van der Waals surface area contributed by atoms with Gasteiger partial charge in [0.1, 0.15) is 0 Å². The number of allylic oxidation sites excluding steroid dienone is 4. The summed E-state index contributed by atoms with van der Waals surface area (Å²) in [5.41, 5.74) is 12.7. The zero-order valence-electron chi connectivity index (χ0n) is 29.3. The van der Waals surface area contributed by atoms with Crippen LogP contribution in [0.3, 0.4) is 0 Å². The van der Waals surface area contributed by atoms with Gasteiger partial charge in [0.2, 0.25) is 0 Å². The van der Waals surface area contributed by atoms with E-state index < -0.39 is 0 Å². The number of nitrogens with zero attached hydrogens (tertiary/aromatic N) is 1. The van der Waals surface area contributed by atoms with E-state index in [4.69, 9.17) is 17.2 Å². The molecule has 0 saturated heterocycles. The van der Waals surface area contributed by atoms with Crippen LogP contribution in [0.5, 0.6) is 0 Å². The highest BCUT2D eigenvalue weighted by molar-refractivity contribution is 6.20. The average Bonchev–Trinajstić information content (AvgIpc) is 3.59. The largest absolute Gasteiger partial charge is 0.344 e. The first-order valence-corrected chi connectivity index (χ1v) is 17.9. The molecule has 0 amide bonds. The molecule has 0 aliphatic heterocycles. The number of rotatable bonds is 8. The van der Waals surface area contributed by atoms with Crippen LogP contribution in [-0.2, 0) is 7.05 Å². The lowest BCUT2D eigenvalue weighted by Crippen LogP contribution is -2.03. The Bertz CT molecular complexity index is 2620. The molecule has 3 heteroatoms. The molecule has 2 N–H and O–H groups in total. The molecule has 1 aromatic heterocycles. The van der Waals surface area contributed by atoms with Crippen molar-refractivity contribution >= 4 is 33.0 Å². The monoisotopic (exact) mass is 669 g/mol. The van der Waals surface area contributed by atoms with E-state index in [0.29, 0.717) is 11.4 Å². The molecular formula is C49H39N3. The molecular weight excluding hydrogens is 631 g/mol. The predicted octanol–water partition coefficient (Wildman–Crippen LogP) is 12.4. The van der Waals surface area contributed by atoms with Gasteiger partial charge >= 0.3 is 0 Å². The van der Waals surface area contributed by atoms with Crippen LogP contribution in [0.4, 0.5) is 0 Å². The van der Waals surface area contributed by atoms with Crippen molar-refractivity contribution in [2.24, 2.45) is 7.05 Å². The van der Waals surface area contributed by atoms with Gasteiger partial charge in [0.15, 0.2) is 0 Å². The Morgan fingerprint density at radius 2 is 1.23 bits per heavy atom. The average molecular weight is 670 g/mol. The lowest BCUT2D eigenvalue weighted by Gasteiger charge is -2.17. The maximum absolute atomic E-state index is 9.05. The fraction of sp³-hybridized carbons (Fsp3) is 0.102. The standard InChI is InChI=1S/C49H39N3/c1-3-33-26-27-42(37-18-10-22-40-36(37)20-13-25-44(40)49-31-30-48(52(49)2)35-16-8-5-9-17-35)45(32-33)41-23-11-21-39-38(41)19-12-24-43(39)47(51)29-28-46(50)34-14-6-4-7-15-34/h1,5,8-14,16-32,50-51H,4,6-7,15H2,2H3/b29-28-,50-46?,51-47?. The number of nitrogens with one attached hydrogen (secondary N) is 2. The molecule has 1 heterocycles. The Morgan fingerprint density at radius 1 is 0.596 bits per heavy atom. The third kappa shape index (κ3) is 5.99. The summed E-state index contributed by atoms with van der Waals surface area (Å²) in [6.07, 6.45) is 16.0. The predicted molar refractivity (Wildman–Crippen MR) is 220 cm³/mol. The fourth-order valence-corrected chi connectivity index (χ4v) is 7.77. The van der Waals surface area contributed by atoms with Gasteiger partial charge in [-0.1, -0.05) is 121 Å². The summed E-state index contributed by atoms with van der Waals surface area (Å²) in [5.74, 6) is 2.87. The molecule has 52 heavy (non-hydrogen) atoms. The molecule has 0 unspecified atom stereocenters. The number of terminal acetylenes is 1. The zero-order valence-corrected chi connectivity index (χ0v) is 29.3. The minimum Gasteiger partial charge on any atom is -0.344 e. The minimum atomic E-state index is 0.388. The van der Waals surface area contributed by atoms with Crippen LogP contribution in [0.15, 0.2) is 157 Å². The van der Waals surface area contributed by atoms with E-state index in [1.165, 1.54) is 34.0 Å². The normalized spacial score (nSPS) is 13.0. The lowest BCUT2D eigenvalue weighted by atomic mass is 9.86. The molecule has 1 aliphatic rings. The third-order valence-electron chi connectivity index (χ3n) is 10.4. The van der Waals surface area contributed by atoms with Gasteiger partial charge in [0.25, 0.3) is 0 Å². The highest BCUT2D eigenvalue weighted by Gasteiger charge is 2.18. The Labute approximate surface area is 305 Å². The van der Waals surface area contributed by atoms with Crippen LogP contribution in [0.1, 0.15) is 36.8 Å². The number of hydrogen-bond donors (Lipinski definition) is 2. The number of hydrogen-bond acceptors (Lipinski definition) is 2. The third-order valence-corrected chi connectivity index (χ3v) is 10.4. The lowest BCUT2D eigenvalue weighted by molar-refractivity contribution is 0.717. The van der Waals surface area contributed by atoms with Gasteiger partial charge < -0.3 is 15.4 Å². The first kappa shape index (κ1) is 32.7. The molecule has 8 rings (SSSR count). The van der Waals surface area contributed by atoms with Crippen molar-refractivity contribution in [2.75, 3.05) is 0 Å². The highest BCUT2D eigenvalue weighted by Crippen LogP contribution is 2.42. The van der Waals surface area contributed by atoms with Gasteiger partial charge in [0.05, 0.1) is 11.4 Å². The van der Waals surface area contributed by atoms with E-state index in [1.807, 2.05) is 18.2 Å². The highest BCUT2D eigenvalue weighted by atomic mass is 15.0. The van der Waals surface area contributed by atoms with Crippen molar-refractivity contribution < 1.29 is 0 Å². The summed E-state index contributed by atoms with van der Waals surface area (Å²) in [6, 6.07) is 46.8. The summed E-state index contributed by atoms with van der Waals surface area (Å²) >= 11 is 0. The molecule has 6 aromatic carbocycles. The van der Waals surface area contributed by atoms with E-state index in [9.17, 15) is 0 Å². The second kappa shape index (κ2) is 14.0. The Kier molecular flexibility index (Phi) is 8.81. The number of fused-ring (bicyclic) bond motifs is 2. The van der Waals surface area contributed by atoms with Gasteiger partial charge in [-0.25, -0.2) is 0 Å². The van der Waals surface area contributed by atoms with Gasteiger partial charge in [-0.2, -0.15) is 0 Å². The van der Waals surface area contributed by atoms with E-state index in [-0.39, 0.29) is 0 Å². The fourth-order valence-electron chi connectivity index (χ4n) is 7.77. The number of aromatic nitrogens is 1. The quantitative estimate of drug-likeness (QED) is 0.120. The van der Waals surface area contributed by atoms with Crippen LogP contribution >= 0.6 is 0 Å². The smallest absolute Gasteiger partial charge is 0.0619 e. The Hall–Kier alpha value is -6.50. The molecule has 1 aliphatic carbocycles.